The molecule has 0 aliphatic carbocycles. The van der Waals surface area contributed by atoms with Crippen LogP contribution < -0.4 is 0 Å². The maximum absolute atomic E-state index is 15.3. The van der Waals surface area contributed by atoms with E-state index in [2.05, 4.69) is 0 Å². The molecule has 0 unspecified atom stereocenters. The Labute approximate surface area is 199 Å². The highest BCUT2D eigenvalue weighted by atomic mass is 32.2. The molecule has 0 aliphatic rings. The molecule has 1 aromatic rings. The lowest BCUT2D eigenvalue weighted by molar-refractivity contribution is -0.442. The van der Waals surface area contributed by atoms with Crippen LogP contribution in [0, 0.1) is 11.6 Å². The van der Waals surface area contributed by atoms with Gasteiger partial charge in [-0.15, -0.1) is 0 Å². The van der Waals surface area contributed by atoms with Crippen molar-refractivity contribution < 1.29 is 70.0 Å². The van der Waals surface area contributed by atoms with Gasteiger partial charge in [-0.2, -0.15) is 43.5 Å². The fraction of sp³-hybridized carbons (Fsp3) is 0.667. The quantitative estimate of drug-likeness (QED) is 0.330. The van der Waals surface area contributed by atoms with E-state index in [4.69, 9.17) is 4.55 Å². The van der Waals surface area contributed by atoms with Crippen LogP contribution in [0.25, 0.3) is 0 Å². The Kier molecular flexibility index (Phi) is 7.81. The first-order valence-corrected chi connectivity index (χ1v) is 12.3. The number of ether oxygens (including phenoxy) is 1. The van der Waals surface area contributed by atoms with Gasteiger partial charge in [0.15, 0.2) is 0 Å². The summed E-state index contributed by atoms with van der Waals surface area (Å²) >= 11 is 0. The van der Waals surface area contributed by atoms with Gasteiger partial charge in [-0.05, 0) is 22.5 Å². The van der Waals surface area contributed by atoms with Crippen molar-refractivity contribution in [3.63, 3.8) is 0 Å². The molecule has 36 heavy (non-hydrogen) atoms. The third-order valence-corrected chi connectivity index (χ3v) is 7.31. The molecular formula is C18H20F10O6S2. The Hall–Kier alpha value is -1.66. The zero-order valence-corrected chi connectivity index (χ0v) is 20.8. The first-order valence-electron chi connectivity index (χ1n) is 9.34. The first kappa shape index (κ1) is 32.4. The summed E-state index contributed by atoms with van der Waals surface area (Å²) in [4.78, 5) is -2.39. The molecule has 210 valence electrons. The van der Waals surface area contributed by atoms with E-state index in [9.17, 15) is 56.3 Å². The van der Waals surface area contributed by atoms with Gasteiger partial charge >= 0.3 is 32.8 Å². The maximum Gasteiger partial charge on any atom is 0.460 e. The van der Waals surface area contributed by atoms with Crippen molar-refractivity contribution in [3.05, 3.63) is 28.8 Å². The molecule has 1 N–H and O–H groups in total. The van der Waals surface area contributed by atoms with Crippen molar-refractivity contribution in [2.24, 2.45) is 0 Å². The molecule has 0 spiro atoms. The highest BCUT2D eigenvalue weighted by Crippen LogP contribution is 2.51. The van der Waals surface area contributed by atoms with Crippen LogP contribution in [0.15, 0.2) is 11.0 Å². The fourth-order valence-electron chi connectivity index (χ4n) is 2.81. The van der Waals surface area contributed by atoms with Gasteiger partial charge in [0, 0.05) is 5.56 Å². The van der Waals surface area contributed by atoms with Gasteiger partial charge < -0.3 is 0 Å². The van der Waals surface area contributed by atoms with Gasteiger partial charge in [0.25, 0.3) is 9.84 Å². The third kappa shape index (κ3) is 5.18. The van der Waals surface area contributed by atoms with Crippen molar-refractivity contribution in [2.75, 3.05) is 0 Å². The number of alkyl halides is 8. The molecule has 18 heteroatoms. The molecule has 0 aliphatic heterocycles. The molecule has 0 saturated carbocycles. The molecule has 0 saturated heterocycles. The predicted octanol–water partition coefficient (Wildman–Crippen LogP) is 5.61. The Bertz CT molecular complexity index is 1240. The summed E-state index contributed by atoms with van der Waals surface area (Å²) in [5.74, 6) is -3.84. The summed E-state index contributed by atoms with van der Waals surface area (Å²) in [7, 11) is -14.6. The zero-order chi connectivity index (χ0) is 29.3. The molecule has 0 fully saturated rings. The molecule has 1 aromatic carbocycles. The number of sulfone groups is 1. The maximum atomic E-state index is 15.3. The van der Waals surface area contributed by atoms with E-state index >= 15 is 4.39 Å². The second-order valence-electron chi connectivity index (χ2n) is 9.57. The topological polar surface area (TPSA) is 97.7 Å². The summed E-state index contributed by atoms with van der Waals surface area (Å²) in [5, 5.41) is -14.0. The number of benzene rings is 1. The number of hydrogen-bond donors (Lipinski definition) is 1. The third-order valence-electron chi connectivity index (χ3n) is 4.60. The summed E-state index contributed by atoms with van der Waals surface area (Å²) in [6, 6.07) is 0.405. The van der Waals surface area contributed by atoms with E-state index in [0.717, 1.165) is 41.5 Å². The second-order valence-corrected chi connectivity index (χ2v) is 13.0. The van der Waals surface area contributed by atoms with E-state index in [-0.39, 0.29) is 0 Å². The first-order chi connectivity index (χ1) is 15.4. The Morgan fingerprint density at radius 1 is 0.722 bits per heavy atom. The monoisotopic (exact) mass is 586 g/mol. The van der Waals surface area contributed by atoms with Crippen molar-refractivity contribution in [1.82, 2.24) is 0 Å². The Morgan fingerprint density at radius 3 is 1.44 bits per heavy atom. The summed E-state index contributed by atoms with van der Waals surface area (Å²) in [6.07, 6.45) is -14.3. The van der Waals surface area contributed by atoms with Crippen LogP contribution in [0.4, 0.5) is 43.9 Å². The summed E-state index contributed by atoms with van der Waals surface area (Å²) < 4.78 is 197. The van der Waals surface area contributed by atoms with E-state index in [1.165, 1.54) is 0 Å². The van der Waals surface area contributed by atoms with Gasteiger partial charge in [-0.3, -0.25) is 4.55 Å². The minimum atomic E-state index is -7.31. The van der Waals surface area contributed by atoms with Crippen LogP contribution >= 0.6 is 0 Å². The van der Waals surface area contributed by atoms with Crippen LogP contribution in [-0.4, -0.2) is 44.1 Å². The second kappa shape index (κ2) is 8.69. The number of halogens is 10. The van der Waals surface area contributed by atoms with Crippen molar-refractivity contribution >= 4 is 20.0 Å². The Balaban J connectivity index is 4.04. The van der Waals surface area contributed by atoms with Crippen molar-refractivity contribution in [2.45, 2.75) is 80.0 Å². The van der Waals surface area contributed by atoms with Crippen molar-refractivity contribution in [1.29, 1.82) is 0 Å². The van der Waals surface area contributed by atoms with Crippen LogP contribution in [-0.2, 0) is 35.5 Å². The largest absolute Gasteiger partial charge is 0.460 e. The van der Waals surface area contributed by atoms with Crippen LogP contribution in [0.5, 0.6) is 0 Å². The SMILES string of the molecule is CC(C)(C)c1cc(F)c(C(C)(C)C)c(S(=O)(=O)C(F)(F)C(F)(F)OC(F)(F)C(F)(F)S(=O)(=O)O)c1F. The van der Waals surface area contributed by atoms with Gasteiger partial charge in [0.05, 0.1) is 0 Å². The smallest absolute Gasteiger partial charge is 0.281 e. The van der Waals surface area contributed by atoms with E-state index in [0.29, 0.717) is 6.07 Å². The lowest BCUT2D eigenvalue weighted by Gasteiger charge is -2.33. The number of rotatable bonds is 7. The minimum Gasteiger partial charge on any atom is -0.281 e. The molecule has 0 atom stereocenters. The molecule has 0 radical (unpaired) electrons. The van der Waals surface area contributed by atoms with E-state index in [1.54, 1.807) is 0 Å². The lowest BCUT2D eigenvalue weighted by atomic mass is 9.81. The molecule has 0 bridgehead atoms. The van der Waals surface area contributed by atoms with Gasteiger partial charge in [-0.25, -0.2) is 21.9 Å². The average molecular weight is 586 g/mol. The molecular weight excluding hydrogens is 566 g/mol. The zero-order valence-electron chi connectivity index (χ0n) is 19.2. The standard InChI is InChI=1S/C18H20F10O6S2/c1-13(2,3)8-7-9(19)10(14(4,5)6)12(11(8)20)35(29,30)17(25,26)15(21,22)34-16(23,24)18(27,28)36(31,32)33/h7H,1-6H3,(H,31,32,33). The molecule has 6 nitrogen and oxygen atoms in total. The molecule has 1 rings (SSSR count). The number of hydrogen-bond acceptors (Lipinski definition) is 5. The lowest BCUT2D eigenvalue weighted by Crippen LogP contribution is -2.58. The van der Waals surface area contributed by atoms with Gasteiger partial charge in [-0.1, -0.05) is 41.5 Å². The van der Waals surface area contributed by atoms with Gasteiger partial charge in [0.1, 0.15) is 16.5 Å². The minimum absolute atomic E-state index is 0.405. The average Bonchev–Trinajstić information content (AvgIpc) is 2.58. The van der Waals surface area contributed by atoms with Crippen LogP contribution in [0.1, 0.15) is 52.7 Å². The fourth-order valence-corrected chi connectivity index (χ4v) is 4.79. The normalized spacial score (nSPS) is 15.4. The summed E-state index contributed by atoms with van der Waals surface area (Å²) in [5.41, 5.74) is -5.78. The van der Waals surface area contributed by atoms with E-state index in [1.807, 2.05) is 4.74 Å². The molecule has 0 heterocycles. The van der Waals surface area contributed by atoms with E-state index < -0.39 is 81.2 Å². The highest BCUT2D eigenvalue weighted by molar-refractivity contribution is 7.92. The Morgan fingerprint density at radius 2 is 1.11 bits per heavy atom. The highest BCUT2D eigenvalue weighted by Gasteiger charge is 2.77. The van der Waals surface area contributed by atoms with Crippen molar-refractivity contribution in [3.8, 4) is 0 Å². The summed E-state index contributed by atoms with van der Waals surface area (Å²) in [6.45, 7) is 6.29. The predicted molar refractivity (Wildman–Crippen MR) is 103 cm³/mol. The molecule has 0 amide bonds. The van der Waals surface area contributed by atoms with Gasteiger partial charge in [0.2, 0.25) is 0 Å². The molecule has 0 aromatic heterocycles. The van der Waals surface area contributed by atoms with Crippen LogP contribution in [0.3, 0.4) is 0 Å². The van der Waals surface area contributed by atoms with Crippen LogP contribution in [0.2, 0.25) is 0 Å².